The Labute approximate surface area is 216 Å². The zero-order valence-corrected chi connectivity index (χ0v) is 23.2. The molecule has 1 aliphatic rings. The quantitative estimate of drug-likeness (QED) is 0.339. The van der Waals surface area contributed by atoms with Gasteiger partial charge in [0.05, 0.1) is 5.75 Å². The van der Waals surface area contributed by atoms with Crippen LogP contribution in [0.25, 0.3) is 10.8 Å². The molecule has 0 unspecified atom stereocenters. The standard InChI is InChI=1S/C22H29N5.C6H12O2S/c1-5-7-13-27(6-2)22-23-12-11-20(26-22)25-21-14-19-17(15-24-21)9-8-10-18(19)16(3)4;1-9(7,8)5-6-3-2-4-6/h8-12,14-16H,5-7,13H2,1-4H3,(H,23,24,25,26);6H,2-5H2,1H3. The molecule has 0 atom stereocenters. The van der Waals surface area contributed by atoms with E-state index < -0.39 is 9.84 Å². The number of nitrogens with zero attached hydrogens (tertiary/aromatic N) is 4. The first-order valence-electron chi connectivity index (χ1n) is 13.1. The molecule has 36 heavy (non-hydrogen) atoms. The third-order valence-electron chi connectivity index (χ3n) is 6.53. The number of hydrogen-bond acceptors (Lipinski definition) is 7. The van der Waals surface area contributed by atoms with Gasteiger partial charge in [-0.3, -0.25) is 0 Å². The summed E-state index contributed by atoms with van der Waals surface area (Å²) in [6.45, 7) is 10.6. The summed E-state index contributed by atoms with van der Waals surface area (Å²) in [6, 6.07) is 10.4. The Hall–Kier alpha value is -2.74. The van der Waals surface area contributed by atoms with Gasteiger partial charge >= 0.3 is 0 Å². The second kappa shape index (κ2) is 13.0. The molecular formula is C28H41N5O2S. The van der Waals surface area contributed by atoms with Crippen LogP contribution in [0.4, 0.5) is 17.6 Å². The minimum absolute atomic E-state index is 0.410. The van der Waals surface area contributed by atoms with Crippen molar-refractivity contribution in [3.63, 3.8) is 0 Å². The molecule has 7 nitrogen and oxygen atoms in total. The summed E-state index contributed by atoms with van der Waals surface area (Å²) in [5.74, 6) is 3.69. The predicted octanol–water partition coefficient (Wildman–Crippen LogP) is 6.35. The first kappa shape index (κ1) is 27.8. The van der Waals surface area contributed by atoms with E-state index in [4.69, 9.17) is 4.98 Å². The van der Waals surface area contributed by atoms with Crippen LogP contribution in [0.5, 0.6) is 0 Å². The van der Waals surface area contributed by atoms with Gasteiger partial charge in [0.25, 0.3) is 0 Å². The molecule has 1 fully saturated rings. The minimum atomic E-state index is -2.68. The number of rotatable bonds is 10. The van der Waals surface area contributed by atoms with Crippen molar-refractivity contribution >= 4 is 38.2 Å². The van der Waals surface area contributed by atoms with Crippen molar-refractivity contribution in [1.29, 1.82) is 0 Å². The van der Waals surface area contributed by atoms with Crippen LogP contribution in [0, 0.1) is 5.92 Å². The van der Waals surface area contributed by atoms with Crippen molar-refractivity contribution < 1.29 is 8.42 Å². The fourth-order valence-corrected chi connectivity index (χ4v) is 5.49. The van der Waals surface area contributed by atoms with Crippen molar-refractivity contribution in [3.05, 3.63) is 48.3 Å². The molecule has 1 saturated carbocycles. The average Bonchev–Trinajstić information content (AvgIpc) is 2.82. The van der Waals surface area contributed by atoms with Gasteiger partial charge in [0, 0.05) is 37.1 Å². The Morgan fingerprint density at radius 1 is 1.11 bits per heavy atom. The predicted molar refractivity (Wildman–Crippen MR) is 151 cm³/mol. The van der Waals surface area contributed by atoms with E-state index in [-0.39, 0.29) is 0 Å². The van der Waals surface area contributed by atoms with Gasteiger partial charge in [-0.25, -0.2) is 18.4 Å². The zero-order chi connectivity index (χ0) is 26.1. The van der Waals surface area contributed by atoms with Crippen LogP contribution in [0.3, 0.4) is 0 Å². The summed E-state index contributed by atoms with van der Waals surface area (Å²) in [6.07, 6.45) is 10.8. The van der Waals surface area contributed by atoms with Gasteiger partial charge in [-0.05, 0) is 61.1 Å². The van der Waals surface area contributed by atoms with Gasteiger partial charge in [-0.2, -0.15) is 4.98 Å². The van der Waals surface area contributed by atoms with E-state index in [1.54, 1.807) is 6.20 Å². The molecule has 0 spiro atoms. The van der Waals surface area contributed by atoms with Gasteiger partial charge in [0.15, 0.2) is 0 Å². The lowest BCUT2D eigenvalue weighted by Crippen LogP contribution is -2.26. The molecule has 8 heteroatoms. The molecule has 1 aliphatic carbocycles. The van der Waals surface area contributed by atoms with E-state index in [1.165, 1.54) is 23.6 Å². The summed E-state index contributed by atoms with van der Waals surface area (Å²) in [7, 11) is -2.68. The number of anilines is 3. The number of sulfone groups is 1. The van der Waals surface area contributed by atoms with Crippen LogP contribution >= 0.6 is 0 Å². The lowest BCUT2D eigenvalue weighted by Gasteiger charge is -2.23. The molecule has 2 aromatic heterocycles. The minimum Gasteiger partial charge on any atom is -0.341 e. The number of benzene rings is 1. The number of hydrogen-bond donors (Lipinski definition) is 1. The normalized spacial score (nSPS) is 13.7. The summed E-state index contributed by atoms with van der Waals surface area (Å²) < 4.78 is 21.3. The number of aromatic nitrogens is 3. The maximum absolute atomic E-state index is 10.6. The highest BCUT2D eigenvalue weighted by molar-refractivity contribution is 7.90. The molecule has 1 N–H and O–H groups in total. The second-order valence-corrected chi connectivity index (χ2v) is 12.2. The summed E-state index contributed by atoms with van der Waals surface area (Å²) in [4.78, 5) is 15.9. The van der Waals surface area contributed by atoms with Crippen molar-refractivity contribution in [2.75, 3.05) is 35.3 Å². The fourth-order valence-electron chi connectivity index (χ4n) is 4.30. The number of fused-ring (bicyclic) bond motifs is 1. The lowest BCUT2D eigenvalue weighted by molar-refractivity contribution is 0.347. The smallest absolute Gasteiger partial charge is 0.227 e. The van der Waals surface area contributed by atoms with E-state index in [9.17, 15) is 8.42 Å². The van der Waals surface area contributed by atoms with Gasteiger partial charge in [0.2, 0.25) is 5.95 Å². The van der Waals surface area contributed by atoms with Crippen LogP contribution in [0.2, 0.25) is 0 Å². The molecule has 0 saturated heterocycles. The molecule has 0 amide bonds. The maximum atomic E-state index is 10.6. The largest absolute Gasteiger partial charge is 0.341 e. The van der Waals surface area contributed by atoms with Gasteiger partial charge in [0.1, 0.15) is 21.5 Å². The molecular weight excluding hydrogens is 470 g/mol. The van der Waals surface area contributed by atoms with Crippen LogP contribution < -0.4 is 10.2 Å². The Kier molecular flexibility index (Phi) is 10.0. The first-order valence-corrected chi connectivity index (χ1v) is 15.2. The first-order chi connectivity index (χ1) is 17.2. The molecule has 0 aliphatic heterocycles. The van der Waals surface area contributed by atoms with Crippen molar-refractivity contribution in [2.45, 2.75) is 65.7 Å². The summed E-state index contributed by atoms with van der Waals surface area (Å²) in [5, 5.41) is 5.74. The van der Waals surface area contributed by atoms with Crippen LogP contribution in [0.15, 0.2) is 42.7 Å². The summed E-state index contributed by atoms with van der Waals surface area (Å²) >= 11 is 0. The maximum Gasteiger partial charge on any atom is 0.227 e. The third-order valence-corrected chi connectivity index (χ3v) is 7.60. The Balaban J connectivity index is 0.000000338. The zero-order valence-electron chi connectivity index (χ0n) is 22.4. The number of pyridine rings is 1. The highest BCUT2D eigenvalue weighted by Gasteiger charge is 2.21. The molecule has 3 aromatic rings. The SMILES string of the molecule is CCCCN(CC)c1nccc(Nc2cc3c(C(C)C)cccc3cn2)n1.CS(=O)(=O)CC1CCC1. The van der Waals surface area contributed by atoms with Gasteiger partial charge < -0.3 is 10.2 Å². The molecule has 1 aromatic carbocycles. The number of nitrogens with one attached hydrogen (secondary N) is 1. The Morgan fingerprint density at radius 2 is 1.89 bits per heavy atom. The second-order valence-electron chi connectivity index (χ2n) is 9.98. The third kappa shape index (κ3) is 8.15. The monoisotopic (exact) mass is 511 g/mol. The van der Waals surface area contributed by atoms with E-state index in [2.05, 4.69) is 72.1 Å². The van der Waals surface area contributed by atoms with Crippen LogP contribution in [-0.4, -0.2) is 48.5 Å². The van der Waals surface area contributed by atoms with Gasteiger partial charge in [-0.15, -0.1) is 0 Å². The average molecular weight is 512 g/mol. The highest BCUT2D eigenvalue weighted by atomic mass is 32.2. The van der Waals surface area contributed by atoms with Crippen molar-refractivity contribution in [2.24, 2.45) is 5.92 Å². The molecule has 0 bridgehead atoms. The van der Waals surface area contributed by atoms with E-state index >= 15 is 0 Å². The fraction of sp³-hybridized carbons (Fsp3) is 0.536. The number of unbranched alkanes of at least 4 members (excludes halogenated alkanes) is 1. The van der Waals surface area contributed by atoms with Crippen LogP contribution in [-0.2, 0) is 9.84 Å². The topological polar surface area (TPSA) is 88.1 Å². The van der Waals surface area contributed by atoms with E-state index in [0.717, 1.165) is 61.7 Å². The van der Waals surface area contributed by atoms with E-state index in [0.29, 0.717) is 17.6 Å². The highest BCUT2D eigenvalue weighted by Crippen LogP contribution is 2.28. The lowest BCUT2D eigenvalue weighted by atomic mass is 9.87. The van der Waals surface area contributed by atoms with Crippen molar-refractivity contribution in [1.82, 2.24) is 15.0 Å². The Morgan fingerprint density at radius 3 is 2.47 bits per heavy atom. The van der Waals surface area contributed by atoms with E-state index in [1.807, 2.05) is 12.3 Å². The molecule has 196 valence electrons. The summed E-state index contributed by atoms with van der Waals surface area (Å²) in [5.41, 5.74) is 1.33. The molecule has 0 radical (unpaired) electrons. The van der Waals surface area contributed by atoms with Crippen LogP contribution in [0.1, 0.15) is 71.3 Å². The molecule has 2 heterocycles. The van der Waals surface area contributed by atoms with Crippen molar-refractivity contribution in [3.8, 4) is 0 Å². The Bertz CT molecular complexity index is 1230. The van der Waals surface area contributed by atoms with Gasteiger partial charge in [-0.1, -0.05) is 51.8 Å². The molecule has 4 rings (SSSR count).